The van der Waals surface area contributed by atoms with E-state index in [0.29, 0.717) is 34.2 Å². The normalized spacial score (nSPS) is 11.4. The minimum Gasteiger partial charge on any atom is -0.309 e. The lowest BCUT2D eigenvalue weighted by molar-refractivity contribution is 1.07. The third-order valence-electron chi connectivity index (χ3n) is 11.8. The summed E-state index contributed by atoms with van der Waals surface area (Å²) in [5.41, 5.74) is 13.3. The summed E-state index contributed by atoms with van der Waals surface area (Å²) in [4.78, 5) is 15.6. The zero-order chi connectivity index (χ0) is 41.9. The maximum absolute atomic E-state index is 10.7. The van der Waals surface area contributed by atoms with Gasteiger partial charge in [-0.15, -0.1) is 0 Å². The molecule has 0 atom stereocenters. The summed E-state index contributed by atoms with van der Waals surface area (Å²) in [7, 11) is 0. The van der Waals surface area contributed by atoms with Gasteiger partial charge in [0.15, 0.2) is 17.5 Å². The van der Waals surface area contributed by atoms with Crippen molar-refractivity contribution in [3.63, 3.8) is 0 Å². The lowest BCUT2D eigenvalue weighted by atomic mass is 9.96. The van der Waals surface area contributed by atoms with Crippen LogP contribution in [0.2, 0.25) is 0 Å². The standard InChI is InChI=1S/C55H35N7/c1-34-19-25-51-46(27-34)43-15-6-8-17-49(43)61(51)40-22-21-39(33-57)45(30-40)54-58-53(37-12-4-3-5-13-37)59-55(60-54)48-31-41(23-24-42(48)38-14-10-11-36(29-38)32-56)62-50-18-9-7-16-44(50)47-28-35(2)20-26-52(47)62/h3-31H,1-2H3. The molecular formula is C55H35N7. The van der Waals surface area contributed by atoms with Crippen LogP contribution >= 0.6 is 0 Å². The van der Waals surface area contributed by atoms with Gasteiger partial charge in [0.1, 0.15) is 0 Å². The number of hydrogen-bond donors (Lipinski definition) is 0. The molecule has 0 spiro atoms. The van der Waals surface area contributed by atoms with Crippen LogP contribution in [0.4, 0.5) is 0 Å². The van der Waals surface area contributed by atoms with Crippen molar-refractivity contribution in [2.75, 3.05) is 0 Å². The highest BCUT2D eigenvalue weighted by Gasteiger charge is 2.22. The molecule has 3 heterocycles. The quantitative estimate of drug-likeness (QED) is 0.167. The smallest absolute Gasteiger partial charge is 0.165 e. The van der Waals surface area contributed by atoms with E-state index in [-0.39, 0.29) is 0 Å². The second kappa shape index (κ2) is 14.6. The molecule has 0 N–H and O–H groups in total. The highest BCUT2D eigenvalue weighted by molar-refractivity contribution is 6.10. The molecule has 62 heavy (non-hydrogen) atoms. The van der Waals surface area contributed by atoms with E-state index >= 15 is 0 Å². The number of aryl methyl sites for hydroxylation is 2. The molecule has 0 aliphatic heterocycles. The zero-order valence-electron chi connectivity index (χ0n) is 33.9. The topological polar surface area (TPSA) is 96.1 Å². The van der Waals surface area contributed by atoms with E-state index < -0.39 is 0 Å². The van der Waals surface area contributed by atoms with Crippen molar-refractivity contribution in [1.82, 2.24) is 24.1 Å². The second-order valence-electron chi connectivity index (χ2n) is 15.7. The van der Waals surface area contributed by atoms with Crippen molar-refractivity contribution < 1.29 is 0 Å². The molecule has 0 fully saturated rings. The molecule has 0 bridgehead atoms. The third-order valence-corrected chi connectivity index (χ3v) is 11.8. The first-order chi connectivity index (χ1) is 30.4. The van der Waals surface area contributed by atoms with Gasteiger partial charge >= 0.3 is 0 Å². The highest BCUT2D eigenvalue weighted by Crippen LogP contribution is 2.39. The maximum atomic E-state index is 10.7. The first-order valence-corrected chi connectivity index (χ1v) is 20.5. The van der Waals surface area contributed by atoms with Crippen molar-refractivity contribution >= 4 is 43.6 Å². The number of fused-ring (bicyclic) bond motifs is 6. The van der Waals surface area contributed by atoms with Crippen LogP contribution < -0.4 is 0 Å². The summed E-state index contributed by atoms with van der Waals surface area (Å²) in [6.45, 7) is 4.23. The Kier molecular flexibility index (Phi) is 8.56. The van der Waals surface area contributed by atoms with Crippen molar-refractivity contribution in [1.29, 1.82) is 10.5 Å². The number of aromatic nitrogens is 5. The van der Waals surface area contributed by atoms with Gasteiger partial charge in [0.05, 0.1) is 45.3 Å². The van der Waals surface area contributed by atoms with E-state index in [1.165, 1.54) is 16.5 Å². The van der Waals surface area contributed by atoms with E-state index in [1.54, 1.807) is 6.07 Å². The Hall–Kier alpha value is -8.65. The molecule has 11 aromatic rings. The Labute approximate surface area is 357 Å². The molecular weight excluding hydrogens is 759 g/mol. The number of rotatable bonds is 6. The molecule has 8 aromatic carbocycles. The van der Waals surface area contributed by atoms with Crippen LogP contribution in [-0.4, -0.2) is 24.1 Å². The second-order valence-corrected chi connectivity index (χ2v) is 15.7. The Morgan fingerprint density at radius 3 is 1.55 bits per heavy atom. The summed E-state index contributed by atoms with van der Waals surface area (Å²) in [6.07, 6.45) is 0. The summed E-state index contributed by atoms with van der Waals surface area (Å²) in [5, 5.41) is 25.3. The molecule has 3 aromatic heterocycles. The van der Waals surface area contributed by atoms with Gasteiger partial charge in [-0.2, -0.15) is 10.5 Å². The minimum atomic E-state index is 0.373. The summed E-state index contributed by atoms with van der Waals surface area (Å²) in [5.74, 6) is 1.28. The predicted molar refractivity (Wildman–Crippen MR) is 249 cm³/mol. The van der Waals surface area contributed by atoms with Crippen molar-refractivity contribution in [2.45, 2.75) is 13.8 Å². The average Bonchev–Trinajstić information content (AvgIpc) is 3.83. The van der Waals surface area contributed by atoms with E-state index in [9.17, 15) is 10.5 Å². The molecule has 0 unspecified atom stereocenters. The molecule has 0 aliphatic carbocycles. The van der Waals surface area contributed by atoms with Crippen LogP contribution in [0.5, 0.6) is 0 Å². The van der Waals surface area contributed by atoms with Gasteiger partial charge in [-0.25, -0.2) is 15.0 Å². The molecule has 0 aliphatic rings. The van der Waals surface area contributed by atoms with Crippen LogP contribution in [0.1, 0.15) is 22.3 Å². The Morgan fingerprint density at radius 2 is 0.919 bits per heavy atom. The molecule has 290 valence electrons. The molecule has 0 amide bonds. The van der Waals surface area contributed by atoms with Crippen LogP contribution in [0, 0.1) is 36.5 Å². The van der Waals surface area contributed by atoms with Gasteiger partial charge in [-0.3, -0.25) is 0 Å². The van der Waals surface area contributed by atoms with Crippen LogP contribution in [0.15, 0.2) is 176 Å². The maximum Gasteiger partial charge on any atom is 0.165 e. The third kappa shape index (κ3) is 6.00. The van der Waals surface area contributed by atoms with Gasteiger partial charge in [0.25, 0.3) is 0 Å². The summed E-state index contributed by atoms with van der Waals surface area (Å²) >= 11 is 0. The van der Waals surface area contributed by atoms with Crippen LogP contribution in [0.25, 0.3) is 100 Å². The fourth-order valence-corrected chi connectivity index (χ4v) is 8.88. The average molecular weight is 794 g/mol. The Balaban J connectivity index is 1.19. The molecule has 7 heteroatoms. The largest absolute Gasteiger partial charge is 0.309 e. The molecule has 7 nitrogen and oxygen atoms in total. The van der Waals surface area contributed by atoms with E-state index in [4.69, 9.17) is 15.0 Å². The van der Waals surface area contributed by atoms with E-state index in [2.05, 4.69) is 138 Å². The van der Waals surface area contributed by atoms with Crippen LogP contribution in [-0.2, 0) is 0 Å². The number of nitriles is 2. The highest BCUT2D eigenvalue weighted by atomic mass is 15.0. The lowest BCUT2D eigenvalue weighted by Crippen LogP contribution is -2.04. The van der Waals surface area contributed by atoms with Crippen molar-refractivity contribution in [3.05, 3.63) is 198 Å². The fraction of sp³-hybridized carbons (Fsp3) is 0.0364. The van der Waals surface area contributed by atoms with E-state index in [1.807, 2.05) is 66.7 Å². The molecule has 0 saturated carbocycles. The SMILES string of the molecule is Cc1ccc2c(c1)c1ccccc1n2-c1ccc(C#N)c(-c2nc(-c3ccccc3)nc(-c3cc(-n4c5ccccc5c5cc(C)ccc54)ccc3-c3cccc(C#N)c3)n2)c1. The molecule has 0 saturated heterocycles. The predicted octanol–water partition coefficient (Wildman–Crippen LogP) is 13.1. The minimum absolute atomic E-state index is 0.373. The van der Waals surface area contributed by atoms with Gasteiger partial charge in [-0.1, -0.05) is 108 Å². The Morgan fingerprint density at radius 1 is 0.387 bits per heavy atom. The summed E-state index contributed by atoms with van der Waals surface area (Å²) in [6, 6.07) is 64.4. The lowest BCUT2D eigenvalue weighted by Gasteiger charge is -2.16. The number of nitrogens with zero attached hydrogens (tertiary/aromatic N) is 7. The van der Waals surface area contributed by atoms with Crippen molar-refractivity contribution in [2.24, 2.45) is 0 Å². The first kappa shape index (κ1) is 36.4. The molecule has 0 radical (unpaired) electrons. The van der Waals surface area contributed by atoms with Gasteiger partial charge in [0.2, 0.25) is 0 Å². The van der Waals surface area contributed by atoms with Gasteiger partial charge < -0.3 is 9.13 Å². The first-order valence-electron chi connectivity index (χ1n) is 20.5. The van der Waals surface area contributed by atoms with Crippen LogP contribution in [0.3, 0.4) is 0 Å². The number of para-hydroxylation sites is 2. The molecule has 11 rings (SSSR count). The van der Waals surface area contributed by atoms with Crippen molar-refractivity contribution in [3.8, 4) is 68.8 Å². The fourth-order valence-electron chi connectivity index (χ4n) is 8.88. The van der Waals surface area contributed by atoms with Gasteiger partial charge in [0, 0.05) is 49.6 Å². The monoisotopic (exact) mass is 793 g/mol. The Bertz CT molecular complexity index is 3690. The number of hydrogen-bond acceptors (Lipinski definition) is 5. The summed E-state index contributed by atoms with van der Waals surface area (Å²) < 4.78 is 4.53. The zero-order valence-corrected chi connectivity index (χ0v) is 33.9. The number of benzene rings is 8. The van der Waals surface area contributed by atoms with E-state index in [0.717, 1.165) is 71.9 Å². The van der Waals surface area contributed by atoms with Gasteiger partial charge in [-0.05, 0) is 104 Å².